The fourth-order valence-corrected chi connectivity index (χ4v) is 7.77. The second-order valence-corrected chi connectivity index (χ2v) is 10.5. The molecule has 0 amide bonds. The number of hydrogen-bond acceptors (Lipinski definition) is 4. The summed E-state index contributed by atoms with van der Waals surface area (Å²) in [5, 5.41) is 0. The fourth-order valence-electron chi connectivity index (χ4n) is 7.25. The Morgan fingerprint density at radius 2 is 1.80 bits per heavy atom. The Morgan fingerprint density at radius 3 is 2.52 bits per heavy atom. The molecule has 4 rings (SSSR count). The predicted molar refractivity (Wildman–Crippen MR) is 93.2 cm³/mol. The van der Waals surface area contributed by atoms with Crippen LogP contribution in [0.2, 0.25) is 0 Å². The monoisotopic (exact) mass is 370 g/mol. The number of fused-ring (bicyclic) bond motifs is 5. The maximum absolute atomic E-state index is 12.4. The highest BCUT2D eigenvalue weighted by molar-refractivity contribution is 7.80. The summed E-state index contributed by atoms with van der Waals surface area (Å²) in [6, 6.07) is 0. The van der Waals surface area contributed by atoms with E-state index < -0.39 is 10.4 Å². The lowest BCUT2D eigenvalue weighted by Gasteiger charge is -2.60. The second kappa shape index (κ2) is 5.77. The van der Waals surface area contributed by atoms with Gasteiger partial charge in [-0.15, -0.1) is 0 Å². The Hall–Kier alpha value is -0.460. The summed E-state index contributed by atoms with van der Waals surface area (Å²) < 4.78 is 36.0. The fraction of sp³-hybridized carbons (Fsp3) is 0.947. The molecule has 0 aromatic carbocycles. The summed E-state index contributed by atoms with van der Waals surface area (Å²) in [5.74, 6) is 2.76. The Balaban J connectivity index is 1.54. The average Bonchev–Trinajstić information content (AvgIpc) is 2.82. The zero-order valence-electron chi connectivity index (χ0n) is 15.2. The van der Waals surface area contributed by atoms with Crippen LogP contribution in [0, 0.1) is 34.5 Å². The van der Waals surface area contributed by atoms with Gasteiger partial charge in [-0.1, -0.05) is 13.8 Å². The van der Waals surface area contributed by atoms with Crippen molar-refractivity contribution in [1.82, 2.24) is 0 Å². The van der Waals surface area contributed by atoms with Crippen LogP contribution >= 0.6 is 0 Å². The molecule has 7 atom stereocenters. The van der Waals surface area contributed by atoms with Gasteiger partial charge in [-0.3, -0.25) is 9.35 Å². The van der Waals surface area contributed by atoms with E-state index in [1.807, 2.05) is 0 Å². The van der Waals surface area contributed by atoms with Crippen LogP contribution in [0.3, 0.4) is 0 Å². The van der Waals surface area contributed by atoms with Gasteiger partial charge in [0.1, 0.15) is 5.78 Å². The number of rotatable bonds is 2. The molecule has 0 aromatic heterocycles. The van der Waals surface area contributed by atoms with Gasteiger partial charge in [0.15, 0.2) is 0 Å². The summed E-state index contributed by atoms with van der Waals surface area (Å²) in [4.78, 5) is 12.4. The summed E-state index contributed by atoms with van der Waals surface area (Å²) in [6.45, 7) is 4.59. The predicted octanol–water partition coefficient (Wildman–Crippen LogP) is 3.79. The van der Waals surface area contributed by atoms with E-state index in [2.05, 4.69) is 13.8 Å². The molecular formula is C19H30O5S. The maximum atomic E-state index is 12.4. The van der Waals surface area contributed by atoms with E-state index in [9.17, 15) is 13.2 Å². The lowest BCUT2D eigenvalue weighted by molar-refractivity contribution is -0.141. The molecule has 4 aliphatic carbocycles. The first kappa shape index (κ1) is 17.9. The van der Waals surface area contributed by atoms with Crippen molar-refractivity contribution in [2.75, 3.05) is 0 Å². The summed E-state index contributed by atoms with van der Waals surface area (Å²) >= 11 is 0. The highest BCUT2D eigenvalue weighted by Gasteiger charge is 2.60. The van der Waals surface area contributed by atoms with Gasteiger partial charge in [0, 0.05) is 11.8 Å². The minimum Gasteiger partial charge on any atom is -0.299 e. The first-order valence-electron chi connectivity index (χ1n) is 9.82. The summed E-state index contributed by atoms with van der Waals surface area (Å²) in [5.41, 5.74) is 0.130. The first-order chi connectivity index (χ1) is 11.6. The molecule has 4 saturated carbocycles. The van der Waals surface area contributed by atoms with Crippen LogP contribution in [-0.4, -0.2) is 24.9 Å². The standard InChI is InChI=1S/C19H30O5S/c1-18-9-7-13(24-25(21,22)23)11-12(18)3-4-14-15-5-6-17(20)19(15,2)10-8-16(14)18/h12-16H,3-11H2,1-2H3,(H,21,22,23)/t12?,13-,14+,15+,16+,18+,19+/m1/s1. The van der Waals surface area contributed by atoms with Crippen LogP contribution in [0.25, 0.3) is 0 Å². The molecule has 25 heavy (non-hydrogen) atoms. The molecule has 0 radical (unpaired) electrons. The van der Waals surface area contributed by atoms with E-state index in [0.29, 0.717) is 35.9 Å². The SMILES string of the molecule is C[C@]12CC[C@@H](OS(=O)(=O)O)CC1CC[C@@H]1[C@@H]2CC[C@]2(C)C(=O)CC[C@@H]12. The van der Waals surface area contributed by atoms with Gasteiger partial charge in [0.05, 0.1) is 6.10 Å². The maximum Gasteiger partial charge on any atom is 0.397 e. The van der Waals surface area contributed by atoms with Crippen molar-refractivity contribution in [2.45, 2.75) is 77.7 Å². The van der Waals surface area contributed by atoms with Crippen molar-refractivity contribution >= 4 is 16.2 Å². The third-order valence-electron chi connectivity index (χ3n) is 8.58. The topological polar surface area (TPSA) is 80.7 Å². The number of Topliss-reactive ketones (excluding diaryl/α,β-unsaturated/α-hetero) is 1. The molecule has 142 valence electrons. The third kappa shape index (κ3) is 2.79. The molecule has 0 aliphatic heterocycles. The lowest BCUT2D eigenvalue weighted by atomic mass is 9.45. The molecule has 0 aromatic rings. The van der Waals surface area contributed by atoms with Crippen molar-refractivity contribution in [3.63, 3.8) is 0 Å². The van der Waals surface area contributed by atoms with Crippen LogP contribution in [-0.2, 0) is 19.4 Å². The summed E-state index contributed by atoms with van der Waals surface area (Å²) in [6.07, 6.45) is 8.19. The average molecular weight is 371 g/mol. The Labute approximate surface area is 150 Å². The molecule has 6 heteroatoms. The van der Waals surface area contributed by atoms with Gasteiger partial charge in [0.2, 0.25) is 0 Å². The smallest absolute Gasteiger partial charge is 0.299 e. The largest absolute Gasteiger partial charge is 0.397 e. The number of carbonyl (C=O) groups excluding carboxylic acids is 1. The Bertz CT molecular complexity index is 673. The van der Waals surface area contributed by atoms with Crippen molar-refractivity contribution in [3.8, 4) is 0 Å². The van der Waals surface area contributed by atoms with E-state index >= 15 is 0 Å². The van der Waals surface area contributed by atoms with Gasteiger partial charge in [-0.2, -0.15) is 8.42 Å². The number of carbonyl (C=O) groups is 1. The quantitative estimate of drug-likeness (QED) is 0.748. The number of hydrogen-bond donors (Lipinski definition) is 1. The third-order valence-corrected chi connectivity index (χ3v) is 9.10. The van der Waals surface area contributed by atoms with E-state index in [4.69, 9.17) is 8.74 Å². The van der Waals surface area contributed by atoms with Crippen molar-refractivity contribution in [3.05, 3.63) is 0 Å². The molecule has 5 nitrogen and oxygen atoms in total. The normalized spacial score (nSPS) is 50.0. The van der Waals surface area contributed by atoms with Crippen LogP contribution < -0.4 is 0 Å². The molecule has 0 heterocycles. The zero-order chi connectivity index (χ0) is 18.0. The zero-order valence-corrected chi connectivity index (χ0v) is 16.1. The van der Waals surface area contributed by atoms with Gasteiger partial charge in [0.25, 0.3) is 0 Å². The molecule has 1 N–H and O–H groups in total. The van der Waals surface area contributed by atoms with Gasteiger partial charge >= 0.3 is 10.4 Å². The van der Waals surface area contributed by atoms with Crippen LogP contribution in [0.5, 0.6) is 0 Å². The van der Waals surface area contributed by atoms with Crippen molar-refractivity contribution in [1.29, 1.82) is 0 Å². The molecular weight excluding hydrogens is 340 g/mol. The van der Waals surface area contributed by atoms with Crippen LogP contribution in [0.4, 0.5) is 0 Å². The van der Waals surface area contributed by atoms with Crippen LogP contribution in [0.15, 0.2) is 0 Å². The Morgan fingerprint density at radius 1 is 1.04 bits per heavy atom. The van der Waals surface area contributed by atoms with Gasteiger partial charge in [-0.05, 0) is 80.5 Å². The van der Waals surface area contributed by atoms with E-state index in [-0.39, 0.29) is 16.9 Å². The highest BCUT2D eigenvalue weighted by Crippen LogP contribution is 2.65. The van der Waals surface area contributed by atoms with E-state index in [1.165, 1.54) is 0 Å². The molecule has 0 saturated heterocycles. The molecule has 1 unspecified atom stereocenters. The summed E-state index contributed by atoms with van der Waals surface area (Å²) in [7, 11) is -4.37. The second-order valence-electron chi connectivity index (χ2n) is 9.50. The van der Waals surface area contributed by atoms with E-state index in [0.717, 1.165) is 51.4 Å². The van der Waals surface area contributed by atoms with E-state index in [1.54, 1.807) is 0 Å². The lowest BCUT2D eigenvalue weighted by Crippen LogP contribution is -2.54. The molecule has 0 spiro atoms. The van der Waals surface area contributed by atoms with Crippen molar-refractivity contribution < 1.29 is 21.9 Å². The number of ketones is 1. The Kier molecular flexibility index (Phi) is 4.14. The minimum absolute atomic E-state index is 0.0877. The molecule has 4 fully saturated rings. The molecule has 0 bridgehead atoms. The highest BCUT2D eigenvalue weighted by atomic mass is 32.3. The van der Waals surface area contributed by atoms with Gasteiger partial charge < -0.3 is 0 Å². The minimum atomic E-state index is -4.37. The van der Waals surface area contributed by atoms with Crippen molar-refractivity contribution in [2.24, 2.45) is 34.5 Å². The van der Waals surface area contributed by atoms with Crippen LogP contribution in [0.1, 0.15) is 71.6 Å². The first-order valence-corrected chi connectivity index (χ1v) is 11.2. The van der Waals surface area contributed by atoms with Gasteiger partial charge in [-0.25, -0.2) is 4.18 Å². The molecule has 4 aliphatic rings.